The molecule has 182 valence electrons. The second kappa shape index (κ2) is 13.3. The number of carbonyl (C=O) groups excluding carboxylic acids is 3. The minimum absolute atomic E-state index is 0.00753. The van der Waals surface area contributed by atoms with Gasteiger partial charge in [0.25, 0.3) is 5.91 Å². The van der Waals surface area contributed by atoms with Gasteiger partial charge in [-0.2, -0.15) is 0 Å². The molecule has 8 heteroatoms. The Labute approximate surface area is 212 Å². The fraction of sp³-hybridized carbons (Fsp3) is 0.222. The maximum absolute atomic E-state index is 13.0. The van der Waals surface area contributed by atoms with Crippen LogP contribution in [0.5, 0.6) is 5.75 Å². The third-order valence-corrected chi connectivity index (χ3v) is 5.41. The van der Waals surface area contributed by atoms with Crippen LogP contribution in [0.4, 0.5) is 0 Å². The zero-order chi connectivity index (χ0) is 25.0. The molecular formula is C27H26BrNO6. The average Bonchev–Trinajstić information content (AvgIpc) is 2.87. The Morgan fingerprint density at radius 3 is 2.06 bits per heavy atom. The van der Waals surface area contributed by atoms with Crippen LogP contribution in [0.1, 0.15) is 34.8 Å². The largest absolute Gasteiger partial charge is 0.493 e. The molecule has 1 N–H and O–H groups in total. The molecule has 0 aliphatic carbocycles. The fourth-order valence-corrected chi connectivity index (χ4v) is 3.52. The van der Waals surface area contributed by atoms with E-state index >= 15 is 0 Å². The number of halogens is 1. The maximum atomic E-state index is 13.0. The minimum atomic E-state index is -1.24. The van der Waals surface area contributed by atoms with Gasteiger partial charge < -0.3 is 19.5 Å². The van der Waals surface area contributed by atoms with Crippen LogP contribution in [-0.2, 0) is 32.3 Å². The van der Waals surface area contributed by atoms with Crippen LogP contribution in [0.2, 0.25) is 0 Å². The summed E-state index contributed by atoms with van der Waals surface area (Å²) in [5, 5.41) is 2.61. The van der Waals surface area contributed by atoms with E-state index in [0.717, 1.165) is 15.6 Å². The number of rotatable bonds is 11. The summed E-state index contributed by atoms with van der Waals surface area (Å²) in [4.78, 5) is 38.4. The van der Waals surface area contributed by atoms with Gasteiger partial charge >= 0.3 is 11.9 Å². The fourth-order valence-electron chi connectivity index (χ4n) is 3.18. The van der Waals surface area contributed by atoms with Gasteiger partial charge in [-0.15, -0.1) is 0 Å². The SMILES string of the molecule is CCOc1cc(Br)ccc1C(=O)N[C@@H](CC(=O)OCc1ccccc1)C(=O)OCc1ccccc1. The zero-order valence-corrected chi connectivity index (χ0v) is 20.8. The van der Waals surface area contributed by atoms with E-state index in [-0.39, 0.29) is 25.2 Å². The first-order chi connectivity index (χ1) is 17.0. The smallest absolute Gasteiger partial charge is 0.329 e. The number of benzene rings is 3. The van der Waals surface area contributed by atoms with Crippen molar-refractivity contribution >= 4 is 33.8 Å². The lowest BCUT2D eigenvalue weighted by atomic mass is 10.1. The van der Waals surface area contributed by atoms with Crippen LogP contribution in [0, 0.1) is 0 Å². The Morgan fingerprint density at radius 2 is 1.46 bits per heavy atom. The monoisotopic (exact) mass is 539 g/mol. The van der Waals surface area contributed by atoms with Crippen LogP contribution >= 0.6 is 15.9 Å². The molecule has 0 aromatic heterocycles. The highest BCUT2D eigenvalue weighted by Crippen LogP contribution is 2.24. The molecule has 0 spiro atoms. The quantitative estimate of drug-likeness (QED) is 0.351. The molecule has 0 aliphatic heterocycles. The molecule has 3 aromatic rings. The van der Waals surface area contributed by atoms with E-state index in [1.807, 2.05) is 60.7 Å². The number of carbonyl (C=O) groups is 3. The molecule has 0 bridgehead atoms. The molecule has 0 aliphatic rings. The van der Waals surface area contributed by atoms with E-state index < -0.39 is 23.9 Å². The van der Waals surface area contributed by atoms with Crippen molar-refractivity contribution in [1.82, 2.24) is 5.32 Å². The van der Waals surface area contributed by atoms with Gasteiger partial charge in [-0.05, 0) is 36.2 Å². The topological polar surface area (TPSA) is 90.9 Å². The Balaban J connectivity index is 1.71. The van der Waals surface area contributed by atoms with E-state index in [1.165, 1.54) is 0 Å². The summed E-state index contributed by atoms with van der Waals surface area (Å²) in [6.07, 6.45) is -0.382. The molecule has 1 atom stereocenters. The molecule has 1 amide bonds. The van der Waals surface area contributed by atoms with E-state index in [4.69, 9.17) is 14.2 Å². The van der Waals surface area contributed by atoms with E-state index in [2.05, 4.69) is 21.2 Å². The first kappa shape index (κ1) is 26.0. The summed E-state index contributed by atoms with van der Waals surface area (Å²) in [6.45, 7) is 2.22. The van der Waals surface area contributed by atoms with E-state index in [1.54, 1.807) is 25.1 Å². The number of amides is 1. The van der Waals surface area contributed by atoms with Gasteiger partial charge in [0.1, 0.15) is 25.0 Å². The molecule has 0 heterocycles. The summed E-state index contributed by atoms with van der Waals surface area (Å²) in [6, 6.07) is 22.0. The second-order valence-electron chi connectivity index (χ2n) is 7.54. The molecule has 0 radical (unpaired) electrons. The number of ether oxygens (including phenoxy) is 3. The Bertz CT molecular complexity index is 1140. The van der Waals surface area contributed by atoms with Gasteiger partial charge in [0, 0.05) is 4.47 Å². The van der Waals surface area contributed by atoms with Crippen LogP contribution in [0.25, 0.3) is 0 Å². The number of hydrogen-bond acceptors (Lipinski definition) is 6. The number of esters is 2. The molecule has 0 fully saturated rings. The van der Waals surface area contributed by atoms with Crippen LogP contribution < -0.4 is 10.1 Å². The highest BCUT2D eigenvalue weighted by molar-refractivity contribution is 9.10. The van der Waals surface area contributed by atoms with Gasteiger partial charge in [0.2, 0.25) is 0 Å². The lowest BCUT2D eigenvalue weighted by Crippen LogP contribution is -2.43. The van der Waals surface area contributed by atoms with Crippen molar-refractivity contribution in [2.75, 3.05) is 6.61 Å². The van der Waals surface area contributed by atoms with Gasteiger partial charge in [-0.1, -0.05) is 76.6 Å². The summed E-state index contributed by atoms with van der Waals surface area (Å²) in [5.74, 6) is -1.61. The van der Waals surface area contributed by atoms with Gasteiger partial charge in [0.15, 0.2) is 0 Å². The molecule has 3 rings (SSSR count). The van der Waals surface area contributed by atoms with E-state index in [9.17, 15) is 14.4 Å². The summed E-state index contributed by atoms with van der Waals surface area (Å²) in [5.41, 5.74) is 1.82. The summed E-state index contributed by atoms with van der Waals surface area (Å²) >= 11 is 3.35. The van der Waals surface area contributed by atoms with Crippen molar-refractivity contribution < 1.29 is 28.6 Å². The molecule has 7 nitrogen and oxygen atoms in total. The first-order valence-corrected chi connectivity index (χ1v) is 11.9. The van der Waals surface area contributed by atoms with Crippen molar-refractivity contribution in [3.05, 3.63) is 100 Å². The third-order valence-electron chi connectivity index (χ3n) is 4.92. The van der Waals surface area contributed by atoms with Crippen molar-refractivity contribution in [2.24, 2.45) is 0 Å². The average molecular weight is 540 g/mol. The maximum Gasteiger partial charge on any atom is 0.329 e. The molecule has 0 saturated carbocycles. The molecule has 3 aromatic carbocycles. The number of hydrogen-bond donors (Lipinski definition) is 1. The highest BCUT2D eigenvalue weighted by atomic mass is 79.9. The minimum Gasteiger partial charge on any atom is -0.493 e. The molecule has 35 heavy (non-hydrogen) atoms. The van der Waals surface area contributed by atoms with Crippen LogP contribution in [0.15, 0.2) is 83.3 Å². The van der Waals surface area contributed by atoms with Crippen molar-refractivity contribution in [3.63, 3.8) is 0 Å². The van der Waals surface area contributed by atoms with Crippen LogP contribution in [0.3, 0.4) is 0 Å². The Kier molecular flexibility index (Phi) is 9.86. The van der Waals surface area contributed by atoms with Gasteiger partial charge in [-0.25, -0.2) is 4.79 Å². The molecule has 0 saturated heterocycles. The predicted molar refractivity (Wildman–Crippen MR) is 134 cm³/mol. The third kappa shape index (κ3) is 8.26. The Hall–Kier alpha value is -3.65. The first-order valence-electron chi connectivity index (χ1n) is 11.1. The standard InChI is InChI=1S/C27H26BrNO6/c1-2-33-24-15-21(28)13-14-22(24)26(31)29-23(27(32)35-18-20-11-7-4-8-12-20)16-25(30)34-17-19-9-5-3-6-10-19/h3-15,23H,2,16-18H2,1H3,(H,29,31)/t23-/m0/s1. The molecule has 0 unspecified atom stereocenters. The van der Waals surface area contributed by atoms with Crippen LogP contribution in [-0.4, -0.2) is 30.5 Å². The highest BCUT2D eigenvalue weighted by Gasteiger charge is 2.28. The van der Waals surface area contributed by atoms with Crippen molar-refractivity contribution in [1.29, 1.82) is 0 Å². The van der Waals surface area contributed by atoms with Gasteiger partial charge in [0.05, 0.1) is 18.6 Å². The second-order valence-corrected chi connectivity index (χ2v) is 8.46. The lowest BCUT2D eigenvalue weighted by Gasteiger charge is -2.18. The zero-order valence-electron chi connectivity index (χ0n) is 19.2. The Morgan fingerprint density at radius 1 is 0.857 bits per heavy atom. The summed E-state index contributed by atoms with van der Waals surface area (Å²) < 4.78 is 17.0. The molecular weight excluding hydrogens is 514 g/mol. The predicted octanol–water partition coefficient (Wildman–Crippen LogP) is 4.82. The lowest BCUT2D eigenvalue weighted by molar-refractivity contribution is -0.153. The number of nitrogens with one attached hydrogen (secondary N) is 1. The normalized spacial score (nSPS) is 11.3. The van der Waals surface area contributed by atoms with E-state index in [0.29, 0.717) is 12.4 Å². The van der Waals surface area contributed by atoms with Crippen molar-refractivity contribution in [2.45, 2.75) is 32.6 Å². The van der Waals surface area contributed by atoms with Crippen molar-refractivity contribution in [3.8, 4) is 5.75 Å². The summed E-state index contributed by atoms with van der Waals surface area (Å²) in [7, 11) is 0. The van der Waals surface area contributed by atoms with Gasteiger partial charge in [-0.3, -0.25) is 9.59 Å².